The van der Waals surface area contributed by atoms with Crippen LogP contribution in [0.25, 0.3) is 0 Å². The van der Waals surface area contributed by atoms with Gasteiger partial charge in [0.05, 0.1) is 32.6 Å². The van der Waals surface area contributed by atoms with Gasteiger partial charge in [0, 0.05) is 0 Å². The van der Waals surface area contributed by atoms with Gasteiger partial charge in [-0.15, -0.1) is 0 Å². The maximum absolute atomic E-state index is 6.50. The second-order valence-electron chi connectivity index (χ2n) is 8.99. The Kier molecular flexibility index (Phi) is 9.36. The first kappa shape index (κ1) is 26.8. The Morgan fingerprint density at radius 3 is 1.76 bits per heavy atom. The van der Waals surface area contributed by atoms with Crippen LogP contribution < -0.4 is 0 Å². The second kappa shape index (κ2) is 13.3. The minimum Gasteiger partial charge on any atom is -0.374 e. The van der Waals surface area contributed by atoms with E-state index in [-0.39, 0.29) is 10.3 Å². The molecule has 1 aliphatic rings. The van der Waals surface area contributed by atoms with E-state index in [1.54, 1.807) is 0 Å². The number of rotatable bonds is 11. The van der Waals surface area contributed by atoms with E-state index < -0.39 is 24.4 Å². The Labute approximate surface area is 232 Å². The van der Waals surface area contributed by atoms with Crippen LogP contribution in [0.3, 0.4) is 0 Å². The first-order chi connectivity index (χ1) is 18.7. The van der Waals surface area contributed by atoms with Crippen LogP contribution in [-0.4, -0.2) is 34.9 Å². The van der Waals surface area contributed by atoms with E-state index in [0.29, 0.717) is 32.1 Å². The number of benzene rings is 3. The third-order valence-corrected chi connectivity index (χ3v) is 6.73. The van der Waals surface area contributed by atoms with Gasteiger partial charge < -0.3 is 18.9 Å². The van der Waals surface area contributed by atoms with Crippen molar-refractivity contribution in [2.45, 2.75) is 44.2 Å². The molecule has 0 N–H and O–H groups in total. The molecule has 0 spiro atoms. The average Bonchev–Trinajstić information content (AvgIpc) is 3.29. The van der Waals surface area contributed by atoms with Gasteiger partial charge in [-0.2, -0.15) is 0 Å². The maximum atomic E-state index is 6.50. The van der Waals surface area contributed by atoms with E-state index in [0.717, 1.165) is 16.7 Å². The van der Waals surface area contributed by atoms with Crippen molar-refractivity contribution < 1.29 is 18.9 Å². The lowest BCUT2D eigenvalue weighted by molar-refractivity contribution is -0.0898. The number of nitrogens with zero attached hydrogens (tertiary/aromatic N) is 2. The van der Waals surface area contributed by atoms with Gasteiger partial charge in [-0.3, -0.25) is 4.98 Å². The van der Waals surface area contributed by atoms with Crippen molar-refractivity contribution in [3.63, 3.8) is 0 Å². The zero-order valence-corrected chi connectivity index (χ0v) is 22.2. The largest absolute Gasteiger partial charge is 0.374 e. The highest BCUT2D eigenvalue weighted by Gasteiger charge is 2.48. The van der Waals surface area contributed by atoms with Gasteiger partial charge in [-0.05, 0) is 16.7 Å². The van der Waals surface area contributed by atoms with Crippen LogP contribution in [-0.2, 0) is 38.8 Å². The molecule has 5 rings (SSSR count). The molecular formula is C30H28Cl2N2O4. The predicted octanol–water partition coefficient (Wildman–Crippen LogP) is 6.61. The molecule has 38 heavy (non-hydrogen) atoms. The molecule has 196 valence electrons. The molecular weight excluding hydrogens is 523 g/mol. The van der Waals surface area contributed by atoms with Gasteiger partial charge in [0.1, 0.15) is 35.3 Å². The van der Waals surface area contributed by atoms with Gasteiger partial charge in [0.25, 0.3) is 0 Å². The summed E-state index contributed by atoms with van der Waals surface area (Å²) in [6.45, 7) is 1.51. The van der Waals surface area contributed by atoms with E-state index in [1.165, 1.54) is 6.20 Å². The van der Waals surface area contributed by atoms with Crippen molar-refractivity contribution in [3.8, 4) is 0 Å². The van der Waals surface area contributed by atoms with E-state index in [2.05, 4.69) is 9.97 Å². The lowest BCUT2D eigenvalue weighted by atomic mass is 10.0. The highest BCUT2D eigenvalue weighted by molar-refractivity contribution is 6.32. The number of aromatic nitrogens is 2. The Balaban J connectivity index is 1.40. The fraction of sp³-hybridized carbons (Fsp3) is 0.267. The summed E-state index contributed by atoms with van der Waals surface area (Å²) in [7, 11) is 0. The van der Waals surface area contributed by atoms with Crippen molar-refractivity contribution in [1.82, 2.24) is 9.97 Å². The van der Waals surface area contributed by atoms with Crippen molar-refractivity contribution in [1.29, 1.82) is 0 Å². The normalized spacial score (nSPS) is 21.0. The smallest absolute Gasteiger partial charge is 0.155 e. The SMILES string of the molecule is Clc1cnc([C@@H]2O[C@H](COCc3ccccc3)[C@@H](OCc3ccccc3)[C@H]2OCc2ccccc2)c(Cl)n1. The monoisotopic (exact) mass is 550 g/mol. The quantitative estimate of drug-likeness (QED) is 0.209. The Bertz CT molecular complexity index is 1280. The summed E-state index contributed by atoms with van der Waals surface area (Å²) >= 11 is 12.5. The molecule has 4 aromatic rings. The molecule has 0 bridgehead atoms. The molecule has 1 saturated heterocycles. The summed E-state index contributed by atoms with van der Waals surface area (Å²) in [5, 5.41) is 0.376. The predicted molar refractivity (Wildman–Crippen MR) is 146 cm³/mol. The van der Waals surface area contributed by atoms with E-state index >= 15 is 0 Å². The molecule has 1 aromatic heterocycles. The van der Waals surface area contributed by atoms with Crippen molar-refractivity contribution in [3.05, 3.63) is 130 Å². The van der Waals surface area contributed by atoms with Crippen LogP contribution in [0.5, 0.6) is 0 Å². The minimum atomic E-state index is -0.623. The summed E-state index contributed by atoms with van der Waals surface area (Å²) in [5.41, 5.74) is 3.61. The molecule has 3 aromatic carbocycles. The first-order valence-corrected chi connectivity index (χ1v) is 13.2. The third-order valence-electron chi connectivity index (χ3n) is 6.27. The molecule has 1 fully saturated rings. The molecule has 6 nitrogen and oxygen atoms in total. The van der Waals surface area contributed by atoms with Gasteiger partial charge in [-0.25, -0.2) is 4.98 Å². The highest BCUT2D eigenvalue weighted by atomic mass is 35.5. The van der Waals surface area contributed by atoms with Crippen LogP contribution >= 0.6 is 23.2 Å². The molecule has 0 unspecified atom stereocenters. The third kappa shape index (κ3) is 6.97. The summed E-state index contributed by atoms with van der Waals surface area (Å²) in [6, 6.07) is 30.0. The molecule has 4 atom stereocenters. The molecule has 0 radical (unpaired) electrons. The molecule has 0 saturated carbocycles. The topological polar surface area (TPSA) is 62.7 Å². The average molecular weight is 551 g/mol. The van der Waals surface area contributed by atoms with Gasteiger partial charge >= 0.3 is 0 Å². The lowest BCUT2D eigenvalue weighted by Gasteiger charge is -2.25. The molecule has 2 heterocycles. The van der Waals surface area contributed by atoms with E-state index in [9.17, 15) is 0 Å². The zero-order valence-electron chi connectivity index (χ0n) is 20.7. The van der Waals surface area contributed by atoms with E-state index in [1.807, 2.05) is 91.0 Å². The minimum absolute atomic E-state index is 0.170. The first-order valence-electron chi connectivity index (χ1n) is 12.4. The zero-order chi connectivity index (χ0) is 26.2. The Morgan fingerprint density at radius 1 is 0.684 bits per heavy atom. The highest BCUT2D eigenvalue weighted by Crippen LogP contribution is 2.40. The lowest BCUT2D eigenvalue weighted by Crippen LogP contribution is -2.38. The van der Waals surface area contributed by atoms with Crippen molar-refractivity contribution in [2.24, 2.45) is 0 Å². The number of halogens is 2. The number of hydrogen-bond acceptors (Lipinski definition) is 6. The van der Waals surface area contributed by atoms with Gasteiger partial charge in [0.2, 0.25) is 0 Å². The molecule has 8 heteroatoms. The standard InChI is InChI=1S/C30H28Cl2N2O4/c31-25-16-33-26(30(32)34-25)28-29(37-19-23-14-8-3-9-15-23)27(36-18-22-12-6-2-7-13-22)24(38-28)20-35-17-21-10-4-1-5-11-21/h1-16,24,27-29H,17-20H2/t24-,27-,28+,29-/m1/s1. The van der Waals surface area contributed by atoms with Gasteiger partial charge in [0.15, 0.2) is 5.15 Å². The maximum Gasteiger partial charge on any atom is 0.155 e. The molecule has 0 amide bonds. The van der Waals surface area contributed by atoms with Crippen LogP contribution in [0.15, 0.2) is 97.2 Å². The number of hydrogen-bond donors (Lipinski definition) is 0. The molecule has 0 aliphatic carbocycles. The Hall–Kier alpha value is -2.84. The fourth-order valence-electron chi connectivity index (χ4n) is 4.41. The summed E-state index contributed by atoms with van der Waals surface area (Å²) < 4.78 is 25.5. The van der Waals surface area contributed by atoms with Crippen LogP contribution in [0, 0.1) is 0 Å². The van der Waals surface area contributed by atoms with E-state index in [4.69, 9.17) is 42.1 Å². The summed E-state index contributed by atoms with van der Waals surface area (Å²) in [4.78, 5) is 8.63. The molecule has 1 aliphatic heterocycles. The van der Waals surface area contributed by atoms with Crippen molar-refractivity contribution >= 4 is 23.2 Å². The van der Waals surface area contributed by atoms with Crippen LogP contribution in [0.1, 0.15) is 28.5 Å². The van der Waals surface area contributed by atoms with Crippen LogP contribution in [0.2, 0.25) is 10.3 Å². The summed E-state index contributed by atoms with van der Waals surface area (Å²) in [5.74, 6) is 0. The second-order valence-corrected chi connectivity index (χ2v) is 9.73. The summed E-state index contributed by atoms with van der Waals surface area (Å²) in [6.07, 6.45) is -0.561. The van der Waals surface area contributed by atoms with Crippen molar-refractivity contribution in [2.75, 3.05) is 6.61 Å². The Morgan fingerprint density at radius 2 is 1.21 bits per heavy atom. The fourth-order valence-corrected chi connectivity index (χ4v) is 4.84. The van der Waals surface area contributed by atoms with Crippen LogP contribution in [0.4, 0.5) is 0 Å². The number of ether oxygens (including phenoxy) is 4. The van der Waals surface area contributed by atoms with Gasteiger partial charge in [-0.1, -0.05) is 114 Å².